The van der Waals surface area contributed by atoms with Crippen LogP contribution in [0.5, 0.6) is 5.75 Å². The average molecular weight is 339 g/mol. The lowest BCUT2D eigenvalue weighted by Gasteiger charge is -2.32. The van der Waals surface area contributed by atoms with E-state index in [1.165, 1.54) is 42.9 Å². The van der Waals surface area contributed by atoms with Gasteiger partial charge in [0.05, 0.1) is 10.6 Å². The van der Waals surface area contributed by atoms with Crippen LogP contribution in [0, 0.1) is 16.0 Å². The molecule has 0 aromatic heterocycles. The number of nitro groups is 1. The Labute approximate surface area is 146 Å². The molecule has 1 aliphatic rings. The molecule has 0 saturated carbocycles. The van der Waals surface area contributed by atoms with Gasteiger partial charge in [0.25, 0.3) is 5.69 Å². The molecule has 3 rings (SSSR count). The van der Waals surface area contributed by atoms with Crippen LogP contribution >= 0.6 is 0 Å². The predicted molar refractivity (Wildman–Crippen MR) is 99.1 cm³/mol. The van der Waals surface area contributed by atoms with Gasteiger partial charge in [0.2, 0.25) is 0 Å². The first-order valence-electron chi connectivity index (χ1n) is 8.39. The number of hydrogen-bond donors (Lipinski definition) is 1. The summed E-state index contributed by atoms with van der Waals surface area (Å²) >= 11 is 0. The summed E-state index contributed by atoms with van der Waals surface area (Å²) in [4.78, 5) is 17.0. The third-order valence-corrected chi connectivity index (χ3v) is 4.57. The monoisotopic (exact) mass is 339 g/mol. The molecule has 6 nitrogen and oxygen atoms in total. The van der Waals surface area contributed by atoms with Crippen LogP contribution in [0.15, 0.2) is 47.5 Å². The molecule has 1 fully saturated rings. The van der Waals surface area contributed by atoms with E-state index in [4.69, 9.17) is 0 Å². The number of rotatable bonds is 4. The summed E-state index contributed by atoms with van der Waals surface area (Å²) < 4.78 is 0. The highest BCUT2D eigenvalue weighted by Crippen LogP contribution is 2.26. The maximum Gasteiger partial charge on any atom is 0.270 e. The minimum atomic E-state index is -0.495. The van der Waals surface area contributed by atoms with Crippen molar-refractivity contribution < 1.29 is 10.0 Å². The van der Waals surface area contributed by atoms with E-state index >= 15 is 0 Å². The Balaban J connectivity index is 1.72. The van der Waals surface area contributed by atoms with Crippen molar-refractivity contribution in [2.45, 2.75) is 19.8 Å². The highest BCUT2D eigenvalue weighted by atomic mass is 16.6. The molecule has 0 radical (unpaired) electrons. The standard InChI is InChI=1S/C19H21N3O3/c1-14-8-10-21(11-9-14)17-4-2-16(3-5-17)20-13-15-12-18(22(24)25)6-7-19(15)23/h2-7,12-14,23H,8-11H2,1H3. The molecule has 0 amide bonds. The molecule has 6 heteroatoms. The van der Waals surface area contributed by atoms with Gasteiger partial charge in [0.15, 0.2) is 0 Å². The summed E-state index contributed by atoms with van der Waals surface area (Å²) in [6.07, 6.45) is 3.87. The van der Waals surface area contributed by atoms with Crippen LogP contribution in [0.2, 0.25) is 0 Å². The first-order valence-corrected chi connectivity index (χ1v) is 8.39. The number of non-ortho nitro benzene ring substituents is 1. The van der Waals surface area contributed by atoms with Crippen molar-refractivity contribution in [1.82, 2.24) is 0 Å². The van der Waals surface area contributed by atoms with Crippen LogP contribution in [0.1, 0.15) is 25.3 Å². The van der Waals surface area contributed by atoms with E-state index in [0.717, 1.165) is 24.7 Å². The van der Waals surface area contributed by atoms with Crippen molar-refractivity contribution in [3.8, 4) is 5.75 Å². The SMILES string of the molecule is CC1CCN(c2ccc(N=Cc3cc([N+](=O)[O-])ccc3O)cc2)CC1. The lowest BCUT2D eigenvalue weighted by Crippen LogP contribution is -2.32. The van der Waals surface area contributed by atoms with Gasteiger partial charge in [-0.15, -0.1) is 0 Å². The fraction of sp³-hybridized carbons (Fsp3) is 0.316. The number of nitrogens with zero attached hydrogens (tertiary/aromatic N) is 3. The smallest absolute Gasteiger partial charge is 0.270 e. The molecule has 1 N–H and O–H groups in total. The molecule has 0 bridgehead atoms. The van der Waals surface area contributed by atoms with Crippen molar-refractivity contribution in [2.24, 2.45) is 10.9 Å². The summed E-state index contributed by atoms with van der Waals surface area (Å²) in [6, 6.07) is 11.8. The lowest BCUT2D eigenvalue weighted by molar-refractivity contribution is -0.384. The average Bonchev–Trinajstić information content (AvgIpc) is 2.62. The topological polar surface area (TPSA) is 79.0 Å². The van der Waals surface area contributed by atoms with E-state index in [-0.39, 0.29) is 11.4 Å². The molecule has 1 aliphatic heterocycles. The quantitative estimate of drug-likeness (QED) is 0.512. The van der Waals surface area contributed by atoms with E-state index < -0.39 is 4.92 Å². The van der Waals surface area contributed by atoms with Crippen LogP contribution in [0.4, 0.5) is 17.1 Å². The predicted octanol–water partition coefficient (Wildman–Crippen LogP) is 4.29. The summed E-state index contributed by atoms with van der Waals surface area (Å²) in [5, 5.41) is 20.6. The number of hydrogen-bond acceptors (Lipinski definition) is 5. The fourth-order valence-electron chi connectivity index (χ4n) is 2.92. The van der Waals surface area contributed by atoms with E-state index in [2.05, 4.69) is 16.8 Å². The van der Waals surface area contributed by atoms with Gasteiger partial charge < -0.3 is 10.0 Å². The van der Waals surface area contributed by atoms with E-state index in [1.807, 2.05) is 24.3 Å². The van der Waals surface area contributed by atoms with Crippen molar-refractivity contribution in [1.29, 1.82) is 0 Å². The zero-order valence-corrected chi connectivity index (χ0v) is 14.1. The van der Waals surface area contributed by atoms with Gasteiger partial charge in [-0.3, -0.25) is 15.1 Å². The molecule has 25 heavy (non-hydrogen) atoms. The zero-order chi connectivity index (χ0) is 17.8. The van der Waals surface area contributed by atoms with E-state index in [0.29, 0.717) is 5.56 Å². The van der Waals surface area contributed by atoms with Gasteiger partial charge in [-0.05, 0) is 49.1 Å². The molecule has 1 saturated heterocycles. The molecule has 0 spiro atoms. The molecule has 2 aromatic rings. The fourth-order valence-corrected chi connectivity index (χ4v) is 2.92. The number of anilines is 1. The van der Waals surface area contributed by atoms with Gasteiger partial charge in [-0.2, -0.15) is 0 Å². The highest BCUT2D eigenvalue weighted by molar-refractivity contribution is 5.86. The molecular weight excluding hydrogens is 318 g/mol. The maximum absolute atomic E-state index is 10.8. The number of aromatic hydroxyl groups is 1. The van der Waals surface area contributed by atoms with Crippen LogP contribution in [-0.2, 0) is 0 Å². The summed E-state index contributed by atoms with van der Waals surface area (Å²) in [7, 11) is 0. The third kappa shape index (κ3) is 4.15. The second kappa shape index (κ2) is 7.34. The lowest BCUT2D eigenvalue weighted by atomic mass is 9.99. The molecule has 1 heterocycles. The molecule has 130 valence electrons. The van der Waals surface area contributed by atoms with E-state index in [9.17, 15) is 15.2 Å². The van der Waals surface area contributed by atoms with Crippen molar-refractivity contribution >= 4 is 23.3 Å². The number of phenols is 1. The van der Waals surface area contributed by atoms with Crippen molar-refractivity contribution in [3.05, 3.63) is 58.1 Å². The van der Waals surface area contributed by atoms with Gasteiger partial charge in [-0.25, -0.2) is 0 Å². The Hall–Kier alpha value is -2.89. The summed E-state index contributed by atoms with van der Waals surface area (Å²) in [6.45, 7) is 4.44. The normalized spacial score (nSPS) is 15.6. The van der Waals surface area contributed by atoms with Crippen LogP contribution in [0.25, 0.3) is 0 Å². The highest BCUT2D eigenvalue weighted by Gasteiger charge is 2.15. The molecule has 0 unspecified atom stereocenters. The van der Waals surface area contributed by atoms with Gasteiger partial charge >= 0.3 is 0 Å². The minimum Gasteiger partial charge on any atom is -0.507 e. The number of nitro benzene ring substituents is 1. The Morgan fingerprint density at radius 1 is 1.20 bits per heavy atom. The largest absolute Gasteiger partial charge is 0.507 e. The van der Waals surface area contributed by atoms with Crippen LogP contribution in [-0.4, -0.2) is 29.3 Å². The van der Waals surface area contributed by atoms with Gasteiger partial charge in [0, 0.05) is 42.7 Å². The second-order valence-corrected chi connectivity index (χ2v) is 6.44. The number of piperidine rings is 1. The van der Waals surface area contributed by atoms with Crippen molar-refractivity contribution in [2.75, 3.05) is 18.0 Å². The molecule has 2 aromatic carbocycles. The van der Waals surface area contributed by atoms with Gasteiger partial charge in [-0.1, -0.05) is 6.92 Å². The van der Waals surface area contributed by atoms with Crippen molar-refractivity contribution in [3.63, 3.8) is 0 Å². The summed E-state index contributed by atoms with van der Waals surface area (Å²) in [5.41, 5.74) is 2.17. The van der Waals surface area contributed by atoms with Gasteiger partial charge in [0.1, 0.15) is 5.75 Å². The number of benzene rings is 2. The third-order valence-electron chi connectivity index (χ3n) is 4.57. The Morgan fingerprint density at radius 2 is 1.88 bits per heavy atom. The molecule has 0 aliphatic carbocycles. The number of aliphatic imine (C=N–C) groups is 1. The second-order valence-electron chi connectivity index (χ2n) is 6.44. The van der Waals surface area contributed by atoms with Crippen LogP contribution in [0.3, 0.4) is 0 Å². The Morgan fingerprint density at radius 3 is 2.52 bits per heavy atom. The van der Waals surface area contributed by atoms with E-state index in [1.54, 1.807) is 0 Å². The Bertz CT molecular complexity index is 779. The molecular formula is C19H21N3O3. The first kappa shape index (κ1) is 17.0. The zero-order valence-electron chi connectivity index (χ0n) is 14.1. The number of phenolic OH excluding ortho intramolecular Hbond substituents is 1. The maximum atomic E-state index is 10.8. The summed E-state index contributed by atoms with van der Waals surface area (Å²) in [5.74, 6) is 0.760. The first-order chi connectivity index (χ1) is 12.0. The Kier molecular flexibility index (Phi) is 4.97. The minimum absolute atomic E-state index is 0.0339. The molecule has 0 atom stereocenters. The van der Waals surface area contributed by atoms with Crippen LogP contribution < -0.4 is 4.90 Å².